The summed E-state index contributed by atoms with van der Waals surface area (Å²) in [6, 6.07) is 22.7. The molecule has 0 saturated heterocycles. The normalized spacial score (nSPS) is 21.4. The predicted molar refractivity (Wildman–Crippen MR) is 159 cm³/mol. The molecule has 0 heterocycles. The van der Waals surface area contributed by atoms with Crippen molar-refractivity contribution in [1.29, 1.82) is 0 Å². The molecule has 0 spiro atoms. The van der Waals surface area contributed by atoms with Crippen LogP contribution in [0.25, 0.3) is 0 Å². The van der Waals surface area contributed by atoms with Crippen LogP contribution in [-0.4, -0.2) is 21.6 Å². The van der Waals surface area contributed by atoms with Crippen molar-refractivity contribution in [3.05, 3.63) is 60.7 Å². The first-order valence-corrected chi connectivity index (χ1v) is 16.6. The molecule has 3 heteroatoms. The Morgan fingerprint density at radius 3 is 1.40 bits per heavy atom. The molecule has 2 aromatic rings. The molecule has 2 fully saturated rings. The van der Waals surface area contributed by atoms with Crippen LogP contribution in [0, 0.1) is 5.92 Å². The summed E-state index contributed by atoms with van der Waals surface area (Å²) in [7, 11) is -0.404. The summed E-state index contributed by atoms with van der Waals surface area (Å²) in [5, 5.41) is 3.90. The molecule has 0 nitrogen and oxygen atoms in total. The maximum absolute atomic E-state index is 2.58. The molecule has 35 heavy (non-hydrogen) atoms. The van der Waals surface area contributed by atoms with Gasteiger partial charge in [-0.25, -0.2) is 0 Å². The van der Waals surface area contributed by atoms with Gasteiger partial charge in [-0.2, -0.15) is 0 Å². The molecule has 196 valence electrons. The molecular weight excluding hydrogens is 502 g/mol. The average Bonchev–Trinajstić information content (AvgIpc) is 3.49. The SMILES string of the molecule is C1CCCC1.C[C@@H](C1CCCC1P(C(C)(C)C)C(C)(C)C)P(c1ccccc1)c1ccccc1.[Fe]. The molecule has 2 aliphatic rings. The second-order valence-electron chi connectivity index (χ2n) is 12.4. The summed E-state index contributed by atoms with van der Waals surface area (Å²) in [5.41, 5.74) is 1.61. The van der Waals surface area contributed by atoms with Crippen molar-refractivity contribution in [3.8, 4) is 0 Å². The van der Waals surface area contributed by atoms with Crippen LogP contribution in [0.3, 0.4) is 0 Å². The zero-order valence-corrected chi connectivity index (χ0v) is 26.3. The molecule has 0 aliphatic heterocycles. The van der Waals surface area contributed by atoms with Gasteiger partial charge >= 0.3 is 0 Å². The molecular formula is C32H50FeP2. The van der Waals surface area contributed by atoms with Gasteiger partial charge < -0.3 is 0 Å². The molecule has 0 aromatic heterocycles. The van der Waals surface area contributed by atoms with E-state index in [1.54, 1.807) is 10.6 Å². The first-order chi connectivity index (χ1) is 16.1. The van der Waals surface area contributed by atoms with Gasteiger partial charge in [-0.05, 0) is 58.9 Å². The number of hydrogen-bond acceptors (Lipinski definition) is 0. The molecule has 0 N–H and O–H groups in total. The van der Waals surface area contributed by atoms with Gasteiger partial charge in [0.25, 0.3) is 0 Å². The van der Waals surface area contributed by atoms with E-state index < -0.39 is 0 Å². The summed E-state index contributed by atoms with van der Waals surface area (Å²) in [6.45, 7) is 17.6. The van der Waals surface area contributed by atoms with Crippen LogP contribution in [0.5, 0.6) is 0 Å². The molecule has 0 amide bonds. The van der Waals surface area contributed by atoms with Crippen molar-refractivity contribution in [2.24, 2.45) is 5.92 Å². The summed E-state index contributed by atoms with van der Waals surface area (Å²) in [4.78, 5) is 0. The second kappa shape index (κ2) is 14.1. The number of benzene rings is 2. The van der Waals surface area contributed by atoms with E-state index in [2.05, 4.69) is 109 Å². The zero-order chi connectivity index (χ0) is 24.8. The maximum atomic E-state index is 2.58. The van der Waals surface area contributed by atoms with Gasteiger partial charge in [0.15, 0.2) is 0 Å². The largest absolute Gasteiger partial charge is 0.0921 e. The Bertz CT molecular complexity index is 772. The Hall–Kier alpha value is -0.181. The molecule has 2 aromatic carbocycles. The standard InChI is InChI=1S/C27H40P2.C5H10.Fe/c1-21(24-19-14-20-25(24)29(26(2,3)4)27(5,6)7)28(22-15-10-8-11-16-22)23-17-12-9-13-18-23;1-2-4-5-3-1;/h8-13,15-18,21,24-25H,14,19-20H2,1-7H3;1-5H2;/t21-,24?,25?;;/m0../s1. The van der Waals surface area contributed by atoms with Gasteiger partial charge in [-0.1, -0.05) is 156 Å². The van der Waals surface area contributed by atoms with Crippen molar-refractivity contribution >= 4 is 26.5 Å². The van der Waals surface area contributed by atoms with Gasteiger partial charge in [0.2, 0.25) is 0 Å². The van der Waals surface area contributed by atoms with Crippen LogP contribution < -0.4 is 10.6 Å². The zero-order valence-electron chi connectivity index (χ0n) is 23.4. The minimum absolute atomic E-state index is 0. The van der Waals surface area contributed by atoms with Gasteiger partial charge in [0.05, 0.1) is 0 Å². The van der Waals surface area contributed by atoms with Crippen LogP contribution in [-0.2, 0) is 17.1 Å². The van der Waals surface area contributed by atoms with E-state index in [-0.39, 0.29) is 32.9 Å². The van der Waals surface area contributed by atoms with Crippen LogP contribution in [0.15, 0.2) is 60.7 Å². The summed E-state index contributed by atoms with van der Waals surface area (Å²) in [5.74, 6) is 0.839. The Balaban J connectivity index is 0.000000640. The topological polar surface area (TPSA) is 0 Å². The van der Waals surface area contributed by atoms with E-state index >= 15 is 0 Å². The van der Waals surface area contributed by atoms with Crippen LogP contribution in [0.4, 0.5) is 0 Å². The van der Waals surface area contributed by atoms with Crippen LogP contribution in [0.1, 0.15) is 99.8 Å². The fraction of sp³-hybridized carbons (Fsp3) is 0.625. The van der Waals surface area contributed by atoms with E-state index in [1.807, 2.05) is 0 Å². The van der Waals surface area contributed by atoms with Crippen molar-refractivity contribution < 1.29 is 17.1 Å². The van der Waals surface area contributed by atoms with E-state index in [4.69, 9.17) is 0 Å². The molecule has 0 radical (unpaired) electrons. The van der Waals surface area contributed by atoms with Crippen molar-refractivity contribution in [2.75, 3.05) is 0 Å². The van der Waals surface area contributed by atoms with Gasteiger partial charge in [0.1, 0.15) is 0 Å². The van der Waals surface area contributed by atoms with E-state index in [0.29, 0.717) is 10.3 Å². The number of hydrogen-bond donors (Lipinski definition) is 0. The molecule has 4 rings (SSSR count). The predicted octanol–water partition coefficient (Wildman–Crippen LogP) is 9.70. The molecule has 3 atom stereocenters. The minimum atomic E-state index is -0.336. The van der Waals surface area contributed by atoms with Gasteiger partial charge in [-0.3, -0.25) is 0 Å². The maximum Gasteiger partial charge on any atom is 0 e. The third kappa shape index (κ3) is 8.68. The fourth-order valence-corrected chi connectivity index (χ4v) is 15.1. The first kappa shape index (κ1) is 31.0. The summed E-state index contributed by atoms with van der Waals surface area (Å²) in [6.07, 6.45) is 11.8. The molecule has 2 aliphatic carbocycles. The average molecular weight is 553 g/mol. The molecule has 0 bridgehead atoms. The third-order valence-corrected chi connectivity index (χ3v) is 14.8. The van der Waals surface area contributed by atoms with E-state index in [0.717, 1.165) is 17.2 Å². The summed E-state index contributed by atoms with van der Waals surface area (Å²) >= 11 is 0. The Morgan fingerprint density at radius 1 is 0.629 bits per heavy atom. The summed E-state index contributed by atoms with van der Waals surface area (Å²) < 4.78 is 0. The van der Waals surface area contributed by atoms with Gasteiger partial charge in [-0.15, -0.1) is 0 Å². The van der Waals surface area contributed by atoms with Crippen molar-refractivity contribution in [1.82, 2.24) is 0 Å². The molecule has 2 unspecified atom stereocenters. The second-order valence-corrected chi connectivity index (χ2v) is 19.1. The fourth-order valence-electron chi connectivity index (χ4n) is 6.73. The van der Waals surface area contributed by atoms with E-state index in [9.17, 15) is 0 Å². The Morgan fingerprint density at radius 2 is 1.03 bits per heavy atom. The number of rotatable bonds is 5. The monoisotopic (exact) mass is 552 g/mol. The Kier molecular flexibility index (Phi) is 12.5. The molecule has 2 saturated carbocycles. The quantitative estimate of drug-likeness (QED) is 0.256. The van der Waals surface area contributed by atoms with Gasteiger partial charge in [0, 0.05) is 17.1 Å². The van der Waals surface area contributed by atoms with Crippen LogP contribution in [0.2, 0.25) is 0 Å². The van der Waals surface area contributed by atoms with Crippen molar-refractivity contribution in [2.45, 2.75) is 121 Å². The Labute approximate surface area is 230 Å². The third-order valence-electron chi connectivity index (χ3n) is 7.65. The van der Waals surface area contributed by atoms with Crippen molar-refractivity contribution in [3.63, 3.8) is 0 Å². The smallest absolute Gasteiger partial charge is 0 e. The van der Waals surface area contributed by atoms with E-state index in [1.165, 1.54) is 51.4 Å². The van der Waals surface area contributed by atoms with Crippen LogP contribution >= 0.6 is 15.8 Å². The minimum Gasteiger partial charge on any atom is -0.0921 e. The first-order valence-electron chi connectivity index (χ1n) is 13.8.